The molecule has 0 spiro atoms. The number of rotatable bonds is 26. The van der Waals surface area contributed by atoms with Crippen molar-refractivity contribution in [2.45, 2.75) is 109 Å². The first-order valence-electron chi connectivity index (χ1n) is 15.7. The summed E-state index contributed by atoms with van der Waals surface area (Å²) in [5, 5.41) is 9.51. The average Bonchev–Trinajstić information content (AvgIpc) is 2.92. The van der Waals surface area contributed by atoms with Gasteiger partial charge < -0.3 is 23.8 Å². The molecule has 2 unspecified atom stereocenters. The molecule has 8 nitrogen and oxygen atoms in total. The zero-order valence-electron chi connectivity index (χ0n) is 26.9. The lowest BCUT2D eigenvalue weighted by molar-refractivity contribution is -0.887. The van der Waals surface area contributed by atoms with E-state index >= 15 is 0 Å². The fourth-order valence-electron chi connectivity index (χ4n) is 4.04. The molecule has 0 heterocycles. The summed E-state index contributed by atoms with van der Waals surface area (Å²) in [6.45, 7) is 4.40. The molecule has 0 bridgehead atoms. The van der Waals surface area contributed by atoms with Gasteiger partial charge in [-0.25, -0.2) is 4.79 Å². The molecular weight excluding hydrogens is 534 g/mol. The van der Waals surface area contributed by atoms with Crippen molar-refractivity contribution in [3.05, 3.63) is 48.6 Å². The maximum absolute atomic E-state index is 12.5. The minimum Gasteiger partial charge on any atom is -0.477 e. The van der Waals surface area contributed by atoms with Gasteiger partial charge in [-0.1, -0.05) is 88.1 Å². The predicted molar refractivity (Wildman–Crippen MR) is 169 cm³/mol. The third kappa shape index (κ3) is 23.9. The molecule has 0 aliphatic rings. The van der Waals surface area contributed by atoms with E-state index in [9.17, 15) is 19.5 Å². The van der Waals surface area contributed by atoms with Crippen molar-refractivity contribution in [3.8, 4) is 0 Å². The zero-order valence-corrected chi connectivity index (χ0v) is 26.9. The molecule has 0 rings (SSSR count). The molecule has 0 aliphatic carbocycles. The number of quaternary nitrogens is 1. The lowest BCUT2D eigenvalue weighted by atomic mass is 10.1. The number of unbranched alkanes of at least 4 members (excludes halogenated alkanes) is 4. The summed E-state index contributed by atoms with van der Waals surface area (Å²) in [5.41, 5.74) is 0. The van der Waals surface area contributed by atoms with Crippen molar-refractivity contribution in [3.63, 3.8) is 0 Å². The molecule has 0 aromatic heterocycles. The van der Waals surface area contributed by atoms with Gasteiger partial charge >= 0.3 is 17.9 Å². The molecule has 0 aromatic rings. The van der Waals surface area contributed by atoms with Crippen LogP contribution in [0.15, 0.2) is 48.6 Å². The summed E-state index contributed by atoms with van der Waals surface area (Å²) in [5.74, 6) is -1.60. The molecule has 42 heavy (non-hydrogen) atoms. The van der Waals surface area contributed by atoms with Crippen LogP contribution in [-0.4, -0.2) is 80.6 Å². The maximum atomic E-state index is 12.5. The van der Waals surface area contributed by atoms with Crippen molar-refractivity contribution < 1.29 is 38.2 Å². The van der Waals surface area contributed by atoms with Crippen LogP contribution >= 0.6 is 0 Å². The smallest absolute Gasteiger partial charge is 0.362 e. The number of hydrogen-bond donors (Lipinski definition) is 1. The number of likely N-dealkylation sites (N-methyl/N-ethyl adjacent to an activating group) is 1. The average molecular weight is 593 g/mol. The van der Waals surface area contributed by atoms with Gasteiger partial charge in [0.25, 0.3) is 0 Å². The van der Waals surface area contributed by atoms with E-state index in [-0.39, 0.29) is 36.7 Å². The summed E-state index contributed by atoms with van der Waals surface area (Å²) in [6.07, 6.45) is 26.4. The Kier molecular flexibility index (Phi) is 24.3. The second-order valence-corrected chi connectivity index (χ2v) is 11.3. The zero-order chi connectivity index (χ0) is 31.5. The van der Waals surface area contributed by atoms with E-state index in [1.165, 1.54) is 0 Å². The Balaban J connectivity index is 4.61. The molecule has 2 atom stereocenters. The number of carbonyl (C=O) groups is 3. The number of nitrogens with zero attached hydrogens (tertiary/aromatic N) is 1. The summed E-state index contributed by atoms with van der Waals surface area (Å²) in [6, 6.07) is -0.623. The van der Waals surface area contributed by atoms with Crippen LogP contribution in [0.2, 0.25) is 0 Å². The van der Waals surface area contributed by atoms with Crippen LogP contribution in [0, 0.1) is 0 Å². The minimum absolute atomic E-state index is 0.0307. The van der Waals surface area contributed by atoms with Crippen LogP contribution in [0.25, 0.3) is 0 Å². The van der Waals surface area contributed by atoms with Crippen molar-refractivity contribution in [2.24, 2.45) is 0 Å². The van der Waals surface area contributed by atoms with Gasteiger partial charge in [-0.3, -0.25) is 9.59 Å². The number of hydrogen-bond acceptors (Lipinski definition) is 6. The number of ether oxygens (including phenoxy) is 3. The Bertz CT molecular complexity index is 839. The van der Waals surface area contributed by atoms with E-state index < -0.39 is 24.1 Å². The van der Waals surface area contributed by atoms with Crippen LogP contribution in [0.3, 0.4) is 0 Å². The number of carbonyl (C=O) groups excluding carboxylic acids is 2. The quantitative estimate of drug-likeness (QED) is 0.0502. The highest BCUT2D eigenvalue weighted by molar-refractivity contribution is 5.72. The molecular formula is C34H58NO7+. The summed E-state index contributed by atoms with van der Waals surface area (Å²) in [7, 11) is 5.46. The van der Waals surface area contributed by atoms with E-state index in [0.29, 0.717) is 19.3 Å². The number of carboxylic acid groups (broad SMARTS) is 1. The third-order valence-electron chi connectivity index (χ3n) is 6.51. The summed E-state index contributed by atoms with van der Waals surface area (Å²) >= 11 is 0. The van der Waals surface area contributed by atoms with Gasteiger partial charge in [-0.2, -0.15) is 0 Å². The Hall–Kier alpha value is -2.71. The topological polar surface area (TPSA) is 99.1 Å². The third-order valence-corrected chi connectivity index (χ3v) is 6.51. The van der Waals surface area contributed by atoms with E-state index in [2.05, 4.69) is 50.3 Å². The van der Waals surface area contributed by atoms with Crippen molar-refractivity contribution in [2.75, 3.05) is 41.0 Å². The standard InChI is InChI=1S/C34H57NO7/c1-6-8-10-12-13-14-15-16-17-18-19-21-23-25-33(37)42-30(29-41-32(36)24-22-20-11-9-7-2)28-40-27-26-31(34(38)39)35(3,4)5/h8,10,13-14,16-17,19,21,30-31H,6-7,9,11-12,15,18,20,22-29H2,1-5H3/p+1/b10-8-,14-13-,17-16-,21-19-. The highest BCUT2D eigenvalue weighted by Crippen LogP contribution is 2.10. The first kappa shape index (κ1) is 39.3. The first-order valence-corrected chi connectivity index (χ1v) is 15.7. The fourth-order valence-corrected chi connectivity index (χ4v) is 4.04. The Morgan fingerprint density at radius 3 is 1.90 bits per heavy atom. The molecule has 0 radical (unpaired) electrons. The van der Waals surface area contributed by atoms with Crippen LogP contribution < -0.4 is 0 Å². The Morgan fingerprint density at radius 2 is 1.33 bits per heavy atom. The molecule has 8 heteroatoms. The van der Waals surface area contributed by atoms with E-state index in [1.807, 2.05) is 33.3 Å². The van der Waals surface area contributed by atoms with Gasteiger partial charge in [0.2, 0.25) is 0 Å². The number of allylic oxidation sites excluding steroid dienone is 8. The molecule has 0 saturated carbocycles. The molecule has 0 aliphatic heterocycles. The normalized spacial score (nSPS) is 13.8. The SMILES string of the molecule is CC/C=C\C/C=C\C/C=C\C/C=C\CCC(=O)OC(COCCC(C(=O)O)[N+](C)(C)C)COC(=O)CCCCCCC. The lowest BCUT2D eigenvalue weighted by Crippen LogP contribution is -2.50. The van der Waals surface area contributed by atoms with Crippen molar-refractivity contribution in [1.29, 1.82) is 0 Å². The number of aliphatic carboxylic acids is 1. The van der Waals surface area contributed by atoms with Crippen molar-refractivity contribution >= 4 is 17.9 Å². The van der Waals surface area contributed by atoms with Gasteiger partial charge in [0.1, 0.15) is 6.61 Å². The number of esters is 2. The number of carboxylic acids is 1. The highest BCUT2D eigenvalue weighted by atomic mass is 16.6. The Morgan fingerprint density at radius 1 is 0.738 bits per heavy atom. The van der Waals surface area contributed by atoms with E-state index in [1.54, 1.807) is 0 Å². The highest BCUT2D eigenvalue weighted by Gasteiger charge is 2.31. The monoisotopic (exact) mass is 592 g/mol. The minimum atomic E-state index is -0.891. The van der Waals surface area contributed by atoms with E-state index in [0.717, 1.165) is 57.8 Å². The van der Waals surface area contributed by atoms with Crippen LogP contribution in [0.5, 0.6) is 0 Å². The van der Waals surface area contributed by atoms with E-state index in [4.69, 9.17) is 14.2 Å². The maximum Gasteiger partial charge on any atom is 0.362 e. The van der Waals surface area contributed by atoms with Crippen LogP contribution in [0.1, 0.15) is 97.3 Å². The molecule has 0 saturated heterocycles. The van der Waals surface area contributed by atoms with Gasteiger partial charge in [0.15, 0.2) is 12.1 Å². The Labute approximate surface area is 255 Å². The van der Waals surface area contributed by atoms with Gasteiger partial charge in [0.05, 0.1) is 34.4 Å². The molecule has 1 N–H and O–H groups in total. The summed E-state index contributed by atoms with van der Waals surface area (Å²) < 4.78 is 16.9. The molecule has 0 fully saturated rings. The second kappa shape index (κ2) is 26.0. The molecule has 0 aromatic carbocycles. The summed E-state index contributed by atoms with van der Waals surface area (Å²) in [4.78, 5) is 36.3. The van der Waals surface area contributed by atoms with Gasteiger partial charge in [-0.05, 0) is 38.5 Å². The van der Waals surface area contributed by atoms with Crippen molar-refractivity contribution in [1.82, 2.24) is 0 Å². The van der Waals surface area contributed by atoms with Gasteiger partial charge in [-0.15, -0.1) is 0 Å². The lowest BCUT2D eigenvalue weighted by Gasteiger charge is -2.31. The van der Waals surface area contributed by atoms with Crippen LogP contribution in [0.4, 0.5) is 0 Å². The fraction of sp³-hybridized carbons (Fsp3) is 0.676. The molecule has 0 amide bonds. The predicted octanol–water partition coefficient (Wildman–Crippen LogP) is 6.95. The van der Waals surface area contributed by atoms with Gasteiger partial charge in [0, 0.05) is 19.3 Å². The first-order chi connectivity index (χ1) is 20.1. The largest absolute Gasteiger partial charge is 0.477 e. The second-order valence-electron chi connectivity index (χ2n) is 11.3. The molecule has 240 valence electrons. The van der Waals surface area contributed by atoms with Crippen LogP contribution in [-0.2, 0) is 28.6 Å².